The average molecular weight is 280 g/mol. The number of hydrogen-bond acceptors (Lipinski definition) is 4. The maximum absolute atomic E-state index is 5.78. The molecule has 0 saturated carbocycles. The van der Waals surface area contributed by atoms with E-state index in [9.17, 15) is 0 Å². The first kappa shape index (κ1) is 15.5. The molecular formula is C15H28N4O. The third-order valence-corrected chi connectivity index (χ3v) is 3.69. The van der Waals surface area contributed by atoms with Gasteiger partial charge in [0, 0.05) is 37.9 Å². The molecular weight excluding hydrogens is 252 g/mol. The summed E-state index contributed by atoms with van der Waals surface area (Å²) >= 11 is 0. The minimum Gasteiger partial charge on any atom is -0.374 e. The molecule has 114 valence electrons. The number of hydrogen-bond donors (Lipinski definition) is 1. The summed E-state index contributed by atoms with van der Waals surface area (Å²) in [7, 11) is 0. The molecule has 2 rings (SSSR count). The van der Waals surface area contributed by atoms with Crippen LogP contribution in [0.15, 0.2) is 12.4 Å². The number of aromatic nitrogens is 2. The van der Waals surface area contributed by atoms with Crippen molar-refractivity contribution in [2.45, 2.75) is 45.9 Å². The van der Waals surface area contributed by atoms with E-state index in [1.54, 1.807) is 0 Å². The van der Waals surface area contributed by atoms with Crippen molar-refractivity contribution in [1.82, 2.24) is 20.0 Å². The van der Waals surface area contributed by atoms with E-state index < -0.39 is 0 Å². The second-order valence-electron chi connectivity index (χ2n) is 6.48. The highest BCUT2D eigenvalue weighted by Gasteiger charge is 2.19. The van der Waals surface area contributed by atoms with Crippen molar-refractivity contribution in [3.8, 4) is 0 Å². The quantitative estimate of drug-likeness (QED) is 0.886. The molecule has 20 heavy (non-hydrogen) atoms. The lowest BCUT2D eigenvalue weighted by Crippen LogP contribution is -2.46. The molecule has 0 amide bonds. The molecule has 2 heterocycles. The van der Waals surface area contributed by atoms with Gasteiger partial charge in [-0.25, -0.2) is 0 Å². The predicted molar refractivity (Wildman–Crippen MR) is 80.8 cm³/mol. The van der Waals surface area contributed by atoms with Crippen molar-refractivity contribution in [3.05, 3.63) is 18.0 Å². The lowest BCUT2D eigenvalue weighted by Gasteiger charge is -2.32. The Balaban J connectivity index is 1.74. The van der Waals surface area contributed by atoms with Crippen molar-refractivity contribution in [3.63, 3.8) is 0 Å². The van der Waals surface area contributed by atoms with Gasteiger partial charge in [-0.1, -0.05) is 6.92 Å². The summed E-state index contributed by atoms with van der Waals surface area (Å²) in [5.74, 6) is 0. The molecule has 5 nitrogen and oxygen atoms in total. The van der Waals surface area contributed by atoms with E-state index in [4.69, 9.17) is 4.74 Å². The van der Waals surface area contributed by atoms with Crippen LogP contribution in [0.3, 0.4) is 0 Å². The second-order valence-corrected chi connectivity index (χ2v) is 6.48. The zero-order valence-electron chi connectivity index (χ0n) is 13.2. The molecule has 1 aliphatic heterocycles. The molecule has 0 spiro atoms. The second kappa shape index (κ2) is 6.70. The van der Waals surface area contributed by atoms with Crippen molar-refractivity contribution in [2.24, 2.45) is 0 Å². The predicted octanol–water partition coefficient (Wildman–Crippen LogP) is 1.45. The van der Waals surface area contributed by atoms with E-state index >= 15 is 0 Å². The highest BCUT2D eigenvalue weighted by atomic mass is 16.5. The van der Waals surface area contributed by atoms with Gasteiger partial charge in [0.2, 0.25) is 0 Å². The van der Waals surface area contributed by atoms with Crippen LogP contribution < -0.4 is 5.32 Å². The minimum atomic E-state index is 0.0480. The van der Waals surface area contributed by atoms with Gasteiger partial charge in [-0.2, -0.15) is 5.10 Å². The molecule has 0 bridgehead atoms. The number of nitrogens with one attached hydrogen (secondary N) is 1. The first-order chi connectivity index (χ1) is 9.49. The topological polar surface area (TPSA) is 42.3 Å². The van der Waals surface area contributed by atoms with Crippen molar-refractivity contribution in [1.29, 1.82) is 0 Å². The standard InChI is InChI=1S/C15H28N4O/c1-5-18-6-7-20-14(12-18)10-16-8-13-9-17-19(11-13)15(2,3)4/h9,11,14,16H,5-8,10,12H2,1-4H3/t14-/m1/s1. The van der Waals surface area contributed by atoms with Crippen LogP contribution in [0.4, 0.5) is 0 Å². The average Bonchev–Trinajstić information content (AvgIpc) is 2.88. The third-order valence-electron chi connectivity index (χ3n) is 3.69. The molecule has 0 aliphatic carbocycles. The van der Waals surface area contributed by atoms with Crippen molar-refractivity contribution >= 4 is 0 Å². The van der Waals surface area contributed by atoms with E-state index in [1.807, 2.05) is 10.9 Å². The summed E-state index contributed by atoms with van der Waals surface area (Å²) in [6.45, 7) is 14.5. The number of nitrogens with zero attached hydrogens (tertiary/aromatic N) is 3. The monoisotopic (exact) mass is 280 g/mol. The van der Waals surface area contributed by atoms with E-state index in [0.29, 0.717) is 6.10 Å². The molecule has 1 saturated heterocycles. The summed E-state index contributed by atoms with van der Waals surface area (Å²) < 4.78 is 7.80. The fourth-order valence-corrected chi connectivity index (χ4v) is 2.39. The molecule has 1 N–H and O–H groups in total. The van der Waals surface area contributed by atoms with E-state index in [2.05, 4.69) is 49.2 Å². The van der Waals surface area contributed by atoms with E-state index in [0.717, 1.165) is 39.3 Å². The zero-order valence-corrected chi connectivity index (χ0v) is 13.2. The molecule has 0 aromatic carbocycles. The first-order valence-corrected chi connectivity index (χ1v) is 7.57. The Hall–Kier alpha value is -0.910. The Labute approximate surface area is 122 Å². The summed E-state index contributed by atoms with van der Waals surface area (Å²) in [5, 5.41) is 7.89. The molecule has 1 atom stereocenters. The van der Waals surface area contributed by atoms with Crippen LogP contribution in [0.1, 0.15) is 33.3 Å². The highest BCUT2D eigenvalue weighted by Crippen LogP contribution is 2.13. The lowest BCUT2D eigenvalue weighted by molar-refractivity contribution is -0.0253. The number of likely N-dealkylation sites (N-methyl/N-ethyl adjacent to an activating group) is 1. The number of rotatable bonds is 5. The molecule has 1 fully saturated rings. The molecule has 5 heteroatoms. The van der Waals surface area contributed by atoms with Gasteiger partial charge in [-0.05, 0) is 27.3 Å². The Morgan fingerprint density at radius 3 is 2.90 bits per heavy atom. The summed E-state index contributed by atoms with van der Waals surface area (Å²) in [6.07, 6.45) is 4.37. The SMILES string of the molecule is CCN1CCO[C@H](CNCc2cnn(C(C)(C)C)c2)C1. The summed E-state index contributed by atoms with van der Waals surface area (Å²) in [6, 6.07) is 0. The smallest absolute Gasteiger partial charge is 0.0826 e. The van der Waals surface area contributed by atoms with Crippen molar-refractivity contribution < 1.29 is 4.74 Å². The van der Waals surface area contributed by atoms with Gasteiger partial charge in [0.05, 0.1) is 24.4 Å². The van der Waals surface area contributed by atoms with Gasteiger partial charge >= 0.3 is 0 Å². The molecule has 0 radical (unpaired) electrons. The van der Waals surface area contributed by atoms with Crippen LogP contribution in [0.5, 0.6) is 0 Å². The Morgan fingerprint density at radius 2 is 2.25 bits per heavy atom. The van der Waals surface area contributed by atoms with E-state index in [-0.39, 0.29) is 5.54 Å². The molecule has 1 aromatic heterocycles. The summed E-state index contributed by atoms with van der Waals surface area (Å²) in [5.41, 5.74) is 1.27. The maximum atomic E-state index is 5.78. The van der Waals surface area contributed by atoms with Crippen LogP contribution in [0, 0.1) is 0 Å². The minimum absolute atomic E-state index is 0.0480. The highest BCUT2D eigenvalue weighted by molar-refractivity contribution is 5.04. The van der Waals surface area contributed by atoms with E-state index in [1.165, 1.54) is 5.56 Å². The maximum Gasteiger partial charge on any atom is 0.0826 e. The van der Waals surface area contributed by atoms with Crippen LogP contribution in [-0.4, -0.2) is 53.6 Å². The first-order valence-electron chi connectivity index (χ1n) is 7.57. The van der Waals surface area contributed by atoms with Gasteiger partial charge in [0.1, 0.15) is 0 Å². The van der Waals surface area contributed by atoms with Crippen LogP contribution >= 0.6 is 0 Å². The van der Waals surface area contributed by atoms with Gasteiger partial charge in [0.15, 0.2) is 0 Å². The number of ether oxygens (including phenoxy) is 1. The normalized spacial score (nSPS) is 21.3. The van der Waals surface area contributed by atoms with Crippen LogP contribution in [-0.2, 0) is 16.8 Å². The molecule has 1 aromatic rings. The summed E-state index contributed by atoms with van der Waals surface area (Å²) in [4.78, 5) is 2.44. The van der Waals surface area contributed by atoms with Gasteiger partial charge in [-0.3, -0.25) is 9.58 Å². The largest absolute Gasteiger partial charge is 0.374 e. The Bertz CT molecular complexity index is 410. The molecule has 0 unspecified atom stereocenters. The van der Waals surface area contributed by atoms with Gasteiger partial charge in [0.25, 0.3) is 0 Å². The molecule has 1 aliphatic rings. The van der Waals surface area contributed by atoms with Gasteiger partial charge in [-0.15, -0.1) is 0 Å². The Kier molecular flexibility index (Phi) is 5.18. The fraction of sp³-hybridized carbons (Fsp3) is 0.800. The Morgan fingerprint density at radius 1 is 1.45 bits per heavy atom. The third kappa shape index (κ3) is 4.30. The lowest BCUT2D eigenvalue weighted by atomic mass is 10.1. The van der Waals surface area contributed by atoms with Crippen LogP contribution in [0.2, 0.25) is 0 Å². The van der Waals surface area contributed by atoms with Crippen molar-refractivity contribution in [2.75, 3.05) is 32.8 Å². The number of morpholine rings is 1. The van der Waals surface area contributed by atoms with Crippen LogP contribution in [0.25, 0.3) is 0 Å². The zero-order chi connectivity index (χ0) is 14.6. The van der Waals surface area contributed by atoms with Gasteiger partial charge < -0.3 is 10.1 Å². The fourth-order valence-electron chi connectivity index (χ4n) is 2.39.